The quantitative estimate of drug-likeness (QED) is 0.754. The number of rotatable bonds is 5. The number of carbonyl (C=O) groups is 1. The predicted octanol–water partition coefficient (Wildman–Crippen LogP) is 4.46. The van der Waals surface area contributed by atoms with Crippen molar-refractivity contribution >= 4 is 22.4 Å². The lowest BCUT2D eigenvalue weighted by Gasteiger charge is -2.05. The fraction of sp³-hybridized carbons (Fsp3) is 0.111. The van der Waals surface area contributed by atoms with Gasteiger partial charge in [-0.2, -0.15) is 0 Å². The van der Waals surface area contributed by atoms with Crippen molar-refractivity contribution in [3.05, 3.63) is 65.5 Å². The standard InChI is InChI=1S/C18H16N2O2S/c1-2-22-15-10-6-9-14(11-15)17(21)20-18-19-16(12-23-18)13-7-4-3-5-8-13/h3-12H,2H2,1H3,(H,19,20,21). The molecule has 116 valence electrons. The summed E-state index contributed by atoms with van der Waals surface area (Å²) < 4.78 is 5.42. The molecule has 1 aromatic heterocycles. The van der Waals surface area contributed by atoms with Crippen LogP contribution in [0.2, 0.25) is 0 Å². The number of nitrogens with one attached hydrogen (secondary N) is 1. The summed E-state index contributed by atoms with van der Waals surface area (Å²) in [6.07, 6.45) is 0. The molecule has 3 rings (SSSR count). The number of hydrogen-bond donors (Lipinski definition) is 1. The van der Waals surface area contributed by atoms with Crippen molar-refractivity contribution in [1.29, 1.82) is 0 Å². The van der Waals surface area contributed by atoms with Gasteiger partial charge < -0.3 is 4.74 Å². The smallest absolute Gasteiger partial charge is 0.257 e. The molecule has 4 nitrogen and oxygen atoms in total. The lowest BCUT2D eigenvalue weighted by atomic mass is 10.2. The monoisotopic (exact) mass is 324 g/mol. The Hall–Kier alpha value is -2.66. The maximum Gasteiger partial charge on any atom is 0.257 e. The van der Waals surface area contributed by atoms with Crippen molar-refractivity contribution in [2.45, 2.75) is 6.92 Å². The Labute approximate surface area is 138 Å². The topological polar surface area (TPSA) is 51.2 Å². The summed E-state index contributed by atoms with van der Waals surface area (Å²) in [6, 6.07) is 17.0. The fourth-order valence-electron chi connectivity index (χ4n) is 2.14. The molecular weight excluding hydrogens is 308 g/mol. The van der Waals surface area contributed by atoms with Crippen LogP contribution in [0.4, 0.5) is 5.13 Å². The Morgan fingerprint density at radius 1 is 1.17 bits per heavy atom. The highest BCUT2D eigenvalue weighted by Crippen LogP contribution is 2.25. The molecule has 0 saturated heterocycles. The minimum absolute atomic E-state index is 0.194. The lowest BCUT2D eigenvalue weighted by molar-refractivity contribution is 0.102. The van der Waals surface area contributed by atoms with Crippen LogP contribution in [0.3, 0.4) is 0 Å². The number of thiazole rings is 1. The van der Waals surface area contributed by atoms with Crippen molar-refractivity contribution in [3.8, 4) is 17.0 Å². The maximum absolute atomic E-state index is 12.3. The predicted molar refractivity (Wildman–Crippen MR) is 93.1 cm³/mol. The van der Waals surface area contributed by atoms with Gasteiger partial charge in [0.2, 0.25) is 0 Å². The Kier molecular flexibility index (Phi) is 4.68. The number of hydrogen-bond acceptors (Lipinski definition) is 4. The third kappa shape index (κ3) is 3.76. The highest BCUT2D eigenvalue weighted by Gasteiger charge is 2.10. The van der Waals surface area contributed by atoms with E-state index in [-0.39, 0.29) is 5.91 Å². The molecule has 0 unspecified atom stereocenters. The largest absolute Gasteiger partial charge is 0.494 e. The van der Waals surface area contributed by atoms with Crippen LogP contribution >= 0.6 is 11.3 Å². The average molecular weight is 324 g/mol. The van der Waals surface area contributed by atoms with Gasteiger partial charge in [0.15, 0.2) is 5.13 Å². The van der Waals surface area contributed by atoms with E-state index in [4.69, 9.17) is 4.74 Å². The van der Waals surface area contributed by atoms with Crippen molar-refractivity contribution in [3.63, 3.8) is 0 Å². The minimum Gasteiger partial charge on any atom is -0.494 e. The highest BCUT2D eigenvalue weighted by molar-refractivity contribution is 7.14. The van der Waals surface area contributed by atoms with E-state index >= 15 is 0 Å². The van der Waals surface area contributed by atoms with E-state index < -0.39 is 0 Å². The van der Waals surface area contributed by atoms with Crippen LogP contribution in [-0.4, -0.2) is 17.5 Å². The van der Waals surface area contributed by atoms with E-state index in [0.717, 1.165) is 11.3 Å². The zero-order valence-electron chi connectivity index (χ0n) is 12.7. The average Bonchev–Trinajstić information content (AvgIpc) is 3.05. The second-order valence-electron chi connectivity index (χ2n) is 4.82. The summed E-state index contributed by atoms with van der Waals surface area (Å²) in [6.45, 7) is 2.48. The molecule has 1 heterocycles. The summed E-state index contributed by atoms with van der Waals surface area (Å²) in [5.41, 5.74) is 2.43. The number of nitrogens with zero attached hydrogens (tertiary/aromatic N) is 1. The minimum atomic E-state index is -0.194. The molecule has 0 aliphatic carbocycles. The van der Waals surface area contributed by atoms with Crippen LogP contribution in [0.5, 0.6) is 5.75 Å². The Bertz CT molecular complexity index is 800. The summed E-state index contributed by atoms with van der Waals surface area (Å²) in [4.78, 5) is 16.8. The third-order valence-corrected chi connectivity index (χ3v) is 3.96. The van der Waals surface area contributed by atoms with E-state index in [1.54, 1.807) is 18.2 Å². The van der Waals surface area contributed by atoms with Gasteiger partial charge in [-0.3, -0.25) is 10.1 Å². The maximum atomic E-state index is 12.3. The number of anilines is 1. The normalized spacial score (nSPS) is 10.3. The van der Waals surface area contributed by atoms with Crippen LogP contribution < -0.4 is 10.1 Å². The zero-order valence-corrected chi connectivity index (χ0v) is 13.5. The van der Waals surface area contributed by atoms with Crippen molar-refractivity contribution in [2.75, 3.05) is 11.9 Å². The number of carbonyl (C=O) groups excluding carboxylic acids is 1. The molecule has 0 aliphatic heterocycles. The van der Waals surface area contributed by atoms with Gasteiger partial charge in [0.25, 0.3) is 5.91 Å². The molecule has 0 radical (unpaired) electrons. The number of aromatic nitrogens is 1. The molecule has 1 amide bonds. The summed E-state index contributed by atoms with van der Waals surface area (Å²) in [5.74, 6) is 0.491. The molecule has 3 aromatic rings. The van der Waals surface area contributed by atoms with Crippen molar-refractivity contribution in [1.82, 2.24) is 4.98 Å². The van der Waals surface area contributed by atoms with Gasteiger partial charge in [0, 0.05) is 16.5 Å². The summed E-state index contributed by atoms with van der Waals surface area (Å²) in [5, 5.41) is 5.34. The molecule has 0 bridgehead atoms. The van der Waals surface area contributed by atoms with E-state index in [1.807, 2.05) is 48.7 Å². The van der Waals surface area contributed by atoms with Crippen molar-refractivity contribution in [2.24, 2.45) is 0 Å². The Balaban J connectivity index is 1.73. The summed E-state index contributed by atoms with van der Waals surface area (Å²) >= 11 is 1.41. The van der Waals surface area contributed by atoms with Gasteiger partial charge in [0.1, 0.15) is 5.75 Å². The van der Waals surface area contributed by atoms with E-state index in [1.165, 1.54) is 11.3 Å². The molecule has 0 fully saturated rings. The molecule has 0 spiro atoms. The van der Waals surface area contributed by atoms with Gasteiger partial charge in [0.05, 0.1) is 12.3 Å². The molecule has 0 saturated carbocycles. The van der Waals surface area contributed by atoms with Crippen LogP contribution in [0.15, 0.2) is 60.0 Å². The summed E-state index contributed by atoms with van der Waals surface area (Å²) in [7, 11) is 0. The van der Waals surface area contributed by atoms with Gasteiger partial charge in [-0.05, 0) is 25.1 Å². The first kappa shape index (κ1) is 15.2. The number of ether oxygens (including phenoxy) is 1. The molecular formula is C18H16N2O2S. The molecule has 23 heavy (non-hydrogen) atoms. The van der Waals surface area contributed by atoms with E-state index in [2.05, 4.69) is 10.3 Å². The van der Waals surface area contributed by atoms with Gasteiger partial charge in [-0.25, -0.2) is 4.98 Å². The molecule has 5 heteroatoms. The van der Waals surface area contributed by atoms with Crippen LogP contribution in [0, 0.1) is 0 Å². The number of benzene rings is 2. The molecule has 0 aliphatic rings. The van der Waals surface area contributed by atoms with Gasteiger partial charge in [-0.15, -0.1) is 11.3 Å². The van der Waals surface area contributed by atoms with Gasteiger partial charge in [-0.1, -0.05) is 36.4 Å². The zero-order chi connectivity index (χ0) is 16.1. The Morgan fingerprint density at radius 2 is 2.00 bits per heavy atom. The van der Waals surface area contributed by atoms with Crippen molar-refractivity contribution < 1.29 is 9.53 Å². The first-order chi connectivity index (χ1) is 11.3. The fourth-order valence-corrected chi connectivity index (χ4v) is 2.85. The van der Waals surface area contributed by atoms with E-state index in [9.17, 15) is 4.79 Å². The van der Waals surface area contributed by atoms with E-state index in [0.29, 0.717) is 23.1 Å². The highest BCUT2D eigenvalue weighted by atomic mass is 32.1. The molecule has 2 aromatic carbocycles. The van der Waals surface area contributed by atoms with Gasteiger partial charge >= 0.3 is 0 Å². The first-order valence-corrected chi connectivity index (χ1v) is 8.19. The third-order valence-electron chi connectivity index (χ3n) is 3.20. The van der Waals surface area contributed by atoms with Crippen LogP contribution in [0.1, 0.15) is 17.3 Å². The second kappa shape index (κ2) is 7.07. The first-order valence-electron chi connectivity index (χ1n) is 7.31. The Morgan fingerprint density at radius 3 is 2.78 bits per heavy atom. The van der Waals surface area contributed by atoms with Crippen LogP contribution in [-0.2, 0) is 0 Å². The number of amides is 1. The second-order valence-corrected chi connectivity index (χ2v) is 5.68. The lowest BCUT2D eigenvalue weighted by Crippen LogP contribution is -2.11. The SMILES string of the molecule is CCOc1cccc(C(=O)Nc2nc(-c3ccccc3)cs2)c1. The van der Waals surface area contributed by atoms with Crippen LogP contribution in [0.25, 0.3) is 11.3 Å². The molecule has 1 N–H and O–H groups in total. The molecule has 0 atom stereocenters.